The monoisotopic (exact) mass is 212 g/mol. The molecule has 0 radical (unpaired) electrons. The van der Waals surface area contributed by atoms with Crippen molar-refractivity contribution in [3.63, 3.8) is 0 Å². The lowest BCUT2D eigenvalue weighted by molar-refractivity contribution is -0.158. The van der Waals surface area contributed by atoms with Gasteiger partial charge in [0.15, 0.2) is 6.29 Å². The Balaban J connectivity index is 2.37. The Labute approximate surface area is 91.0 Å². The van der Waals surface area contributed by atoms with Gasteiger partial charge in [0.25, 0.3) is 0 Å². The lowest BCUT2D eigenvalue weighted by Gasteiger charge is -2.19. The normalized spacial score (nSPS) is 15.1. The average molecular weight is 212 g/mol. The van der Waals surface area contributed by atoms with Crippen LogP contribution in [0.5, 0.6) is 0 Å². The molecular formula is C11H20N2O2. The van der Waals surface area contributed by atoms with Gasteiger partial charge < -0.3 is 14.5 Å². The summed E-state index contributed by atoms with van der Waals surface area (Å²) in [5, 5.41) is 0. The number of methoxy groups -OCH3 is 1. The number of hydrogen-bond donors (Lipinski definition) is 1. The van der Waals surface area contributed by atoms with Crippen LogP contribution in [0.25, 0.3) is 0 Å². The van der Waals surface area contributed by atoms with Crippen LogP contribution >= 0.6 is 0 Å². The van der Waals surface area contributed by atoms with Crippen molar-refractivity contribution in [1.29, 1.82) is 0 Å². The Morgan fingerprint density at radius 2 is 2.33 bits per heavy atom. The van der Waals surface area contributed by atoms with Crippen LogP contribution in [-0.4, -0.2) is 23.4 Å². The highest BCUT2D eigenvalue weighted by Gasteiger charge is 2.14. The van der Waals surface area contributed by atoms with E-state index in [4.69, 9.17) is 9.47 Å². The second kappa shape index (κ2) is 6.58. The maximum absolute atomic E-state index is 5.73. The molecule has 1 N–H and O–H groups in total. The molecule has 86 valence electrons. The molecule has 15 heavy (non-hydrogen) atoms. The van der Waals surface area contributed by atoms with Gasteiger partial charge in [0, 0.05) is 19.5 Å². The molecule has 0 saturated heterocycles. The van der Waals surface area contributed by atoms with Gasteiger partial charge in [0.1, 0.15) is 11.9 Å². The van der Waals surface area contributed by atoms with Gasteiger partial charge >= 0.3 is 0 Å². The molecule has 1 aromatic heterocycles. The van der Waals surface area contributed by atoms with Crippen molar-refractivity contribution in [3.8, 4) is 0 Å². The van der Waals surface area contributed by atoms with Crippen LogP contribution in [0, 0.1) is 0 Å². The quantitative estimate of drug-likeness (QED) is 0.707. The number of aromatic amines is 1. The van der Waals surface area contributed by atoms with Crippen molar-refractivity contribution in [2.75, 3.05) is 7.11 Å². The summed E-state index contributed by atoms with van der Waals surface area (Å²) < 4.78 is 11.0. The maximum atomic E-state index is 5.73. The Hall–Kier alpha value is -0.870. The maximum Gasteiger partial charge on any atom is 0.158 e. The van der Waals surface area contributed by atoms with Gasteiger partial charge in [-0.2, -0.15) is 0 Å². The number of hydrogen-bond acceptors (Lipinski definition) is 3. The zero-order chi connectivity index (χ0) is 11.1. The summed E-state index contributed by atoms with van der Waals surface area (Å²) in [6, 6.07) is 0. The molecule has 0 aliphatic rings. The van der Waals surface area contributed by atoms with Gasteiger partial charge in [-0.3, -0.25) is 0 Å². The molecule has 0 spiro atoms. The lowest BCUT2D eigenvalue weighted by atomic mass is 10.2. The summed E-state index contributed by atoms with van der Waals surface area (Å²) in [6.45, 7) is 4.12. The Bertz CT molecular complexity index is 249. The molecule has 1 aromatic rings. The number of H-pyrrole nitrogens is 1. The predicted molar refractivity (Wildman–Crippen MR) is 58.4 cm³/mol. The first-order valence-corrected chi connectivity index (χ1v) is 5.45. The van der Waals surface area contributed by atoms with Crippen molar-refractivity contribution in [1.82, 2.24) is 9.97 Å². The first-order valence-electron chi connectivity index (χ1n) is 5.45. The molecule has 2 atom stereocenters. The molecule has 0 aliphatic carbocycles. The third-order valence-electron chi connectivity index (χ3n) is 2.32. The van der Waals surface area contributed by atoms with E-state index in [1.807, 2.05) is 6.92 Å². The molecule has 0 aliphatic heterocycles. The lowest BCUT2D eigenvalue weighted by Crippen LogP contribution is -2.18. The molecule has 1 unspecified atom stereocenters. The second-order valence-electron chi connectivity index (χ2n) is 3.56. The summed E-state index contributed by atoms with van der Waals surface area (Å²) in [7, 11) is 1.68. The van der Waals surface area contributed by atoms with Gasteiger partial charge in [0.05, 0.1) is 0 Å². The largest absolute Gasteiger partial charge is 0.356 e. The van der Waals surface area contributed by atoms with Crippen LogP contribution in [0.3, 0.4) is 0 Å². The van der Waals surface area contributed by atoms with Crippen molar-refractivity contribution in [2.45, 2.75) is 45.5 Å². The first-order chi connectivity index (χ1) is 7.27. The molecule has 0 aromatic carbocycles. The summed E-state index contributed by atoms with van der Waals surface area (Å²) in [5.74, 6) is 0.841. The van der Waals surface area contributed by atoms with Crippen LogP contribution in [0.15, 0.2) is 12.4 Å². The van der Waals surface area contributed by atoms with Gasteiger partial charge in [-0.15, -0.1) is 0 Å². The third kappa shape index (κ3) is 4.01. The number of imidazole rings is 1. The fourth-order valence-corrected chi connectivity index (χ4v) is 1.40. The van der Waals surface area contributed by atoms with Gasteiger partial charge in [-0.05, 0) is 19.8 Å². The van der Waals surface area contributed by atoms with Crippen molar-refractivity contribution in [2.24, 2.45) is 0 Å². The molecule has 4 nitrogen and oxygen atoms in total. The Kier molecular flexibility index (Phi) is 5.36. The van der Waals surface area contributed by atoms with Gasteiger partial charge in [0.2, 0.25) is 0 Å². The van der Waals surface area contributed by atoms with Crippen molar-refractivity contribution in [3.05, 3.63) is 18.2 Å². The highest BCUT2D eigenvalue weighted by Crippen LogP contribution is 2.17. The van der Waals surface area contributed by atoms with Crippen LogP contribution in [0.2, 0.25) is 0 Å². The molecule has 0 saturated carbocycles. The molecular weight excluding hydrogens is 192 g/mol. The van der Waals surface area contributed by atoms with E-state index in [9.17, 15) is 0 Å². The number of aromatic nitrogens is 2. The fraction of sp³-hybridized carbons (Fsp3) is 0.727. The van der Waals surface area contributed by atoms with Gasteiger partial charge in [-0.25, -0.2) is 4.98 Å². The van der Waals surface area contributed by atoms with Crippen LogP contribution in [0.4, 0.5) is 0 Å². The Morgan fingerprint density at radius 1 is 1.53 bits per heavy atom. The van der Waals surface area contributed by atoms with E-state index in [1.54, 1.807) is 19.5 Å². The van der Waals surface area contributed by atoms with E-state index in [0.29, 0.717) is 0 Å². The molecule has 4 heteroatoms. The smallest absolute Gasteiger partial charge is 0.158 e. The summed E-state index contributed by atoms with van der Waals surface area (Å²) in [6.07, 6.45) is 6.53. The SMILES string of the molecule is CCCCC(OC)O[C@@H](C)c1ncc[nH]1. The molecule has 1 rings (SSSR count). The minimum atomic E-state index is -0.134. The topological polar surface area (TPSA) is 47.1 Å². The van der Waals surface area contributed by atoms with Crippen molar-refractivity contribution >= 4 is 0 Å². The molecule has 0 fully saturated rings. The first kappa shape index (κ1) is 12.2. The summed E-state index contributed by atoms with van der Waals surface area (Å²) in [4.78, 5) is 7.18. The van der Waals surface area contributed by atoms with E-state index in [1.165, 1.54) is 0 Å². The number of nitrogens with zero attached hydrogens (tertiary/aromatic N) is 1. The van der Waals surface area contributed by atoms with Crippen LogP contribution in [0.1, 0.15) is 45.0 Å². The number of unbranched alkanes of at least 4 members (excludes halogenated alkanes) is 1. The minimum absolute atomic E-state index is 0.0539. The fourth-order valence-electron chi connectivity index (χ4n) is 1.40. The standard InChI is InChI=1S/C11H20N2O2/c1-4-5-6-10(14-3)15-9(2)11-12-7-8-13-11/h7-10H,4-6H2,1-3H3,(H,12,13)/t9-,10?/m0/s1. The average Bonchev–Trinajstić information content (AvgIpc) is 2.77. The zero-order valence-corrected chi connectivity index (χ0v) is 9.69. The Morgan fingerprint density at radius 3 is 2.87 bits per heavy atom. The second-order valence-corrected chi connectivity index (χ2v) is 3.56. The van der Waals surface area contributed by atoms with E-state index >= 15 is 0 Å². The highest BCUT2D eigenvalue weighted by atomic mass is 16.7. The third-order valence-corrected chi connectivity index (χ3v) is 2.32. The predicted octanol–water partition coefficient (Wildman–Crippen LogP) is 2.65. The van der Waals surface area contributed by atoms with E-state index in [-0.39, 0.29) is 12.4 Å². The van der Waals surface area contributed by atoms with Gasteiger partial charge in [-0.1, -0.05) is 13.3 Å². The van der Waals surface area contributed by atoms with E-state index in [0.717, 1.165) is 25.1 Å². The summed E-state index contributed by atoms with van der Waals surface area (Å²) >= 11 is 0. The molecule has 0 bridgehead atoms. The van der Waals surface area contributed by atoms with Crippen molar-refractivity contribution < 1.29 is 9.47 Å². The van der Waals surface area contributed by atoms with E-state index < -0.39 is 0 Å². The molecule has 1 heterocycles. The number of ether oxygens (including phenoxy) is 2. The highest BCUT2D eigenvalue weighted by molar-refractivity contribution is 4.90. The van der Waals surface area contributed by atoms with Crippen LogP contribution in [-0.2, 0) is 9.47 Å². The number of rotatable bonds is 7. The zero-order valence-electron chi connectivity index (χ0n) is 9.69. The summed E-state index contributed by atoms with van der Waals surface area (Å²) in [5.41, 5.74) is 0. The number of nitrogens with one attached hydrogen (secondary N) is 1. The minimum Gasteiger partial charge on any atom is -0.356 e. The van der Waals surface area contributed by atoms with Crippen LogP contribution < -0.4 is 0 Å². The molecule has 0 amide bonds. The van der Waals surface area contributed by atoms with E-state index in [2.05, 4.69) is 16.9 Å².